The number of hydrogen-bond donors (Lipinski definition) is 2. The molecule has 17 heavy (non-hydrogen) atoms. The Morgan fingerprint density at radius 2 is 2.00 bits per heavy atom. The molecule has 0 aromatic heterocycles. The monoisotopic (exact) mass is 245 g/mol. The molecule has 0 aliphatic carbocycles. The number of ether oxygens (including phenoxy) is 1. The van der Waals surface area contributed by atoms with Crippen molar-refractivity contribution < 1.29 is 23.4 Å². The van der Waals surface area contributed by atoms with Gasteiger partial charge in [0, 0.05) is 11.6 Å². The minimum Gasteiger partial charge on any atom is -0.435 e. The minimum absolute atomic E-state index is 0.00763. The number of aliphatic hydroxyl groups excluding tert-OH is 1. The molecule has 1 aromatic rings. The highest BCUT2D eigenvalue weighted by molar-refractivity contribution is 5.94. The molecule has 0 heterocycles. The van der Waals surface area contributed by atoms with Crippen LogP contribution in [-0.4, -0.2) is 30.3 Å². The fourth-order valence-corrected chi connectivity index (χ4v) is 1.14. The van der Waals surface area contributed by atoms with E-state index in [4.69, 9.17) is 5.11 Å². The molecule has 2 N–H and O–H groups in total. The molecule has 94 valence electrons. The zero-order valence-corrected chi connectivity index (χ0v) is 9.19. The highest BCUT2D eigenvalue weighted by atomic mass is 19.3. The van der Waals surface area contributed by atoms with Crippen LogP contribution in [0.5, 0.6) is 5.75 Å². The van der Waals surface area contributed by atoms with Gasteiger partial charge >= 0.3 is 6.61 Å². The van der Waals surface area contributed by atoms with E-state index in [9.17, 15) is 13.6 Å². The maximum atomic E-state index is 11.9. The summed E-state index contributed by atoms with van der Waals surface area (Å²) in [4.78, 5) is 11.5. The van der Waals surface area contributed by atoms with Crippen LogP contribution < -0.4 is 10.1 Å². The quantitative estimate of drug-likeness (QED) is 0.824. The Morgan fingerprint density at radius 1 is 1.41 bits per heavy atom. The molecule has 0 saturated carbocycles. The summed E-state index contributed by atoms with van der Waals surface area (Å²) in [5.74, 6) is -0.387. The third-order valence-electron chi connectivity index (χ3n) is 1.99. The Labute approximate surface area is 97.2 Å². The van der Waals surface area contributed by atoms with Crippen LogP contribution in [0.3, 0.4) is 0 Å². The number of alkyl halides is 2. The van der Waals surface area contributed by atoms with E-state index in [-0.39, 0.29) is 24.3 Å². The van der Waals surface area contributed by atoms with Gasteiger partial charge in [0.1, 0.15) is 5.75 Å². The summed E-state index contributed by atoms with van der Waals surface area (Å²) in [5, 5.41) is 11.3. The Hall–Kier alpha value is -1.69. The van der Waals surface area contributed by atoms with Gasteiger partial charge in [-0.1, -0.05) is 0 Å². The topological polar surface area (TPSA) is 58.6 Å². The molecule has 0 radical (unpaired) electrons. The molecular formula is C11H13F2NO3. The number of amides is 1. The standard InChI is InChI=1S/C11H13F2NO3/c1-7(6-15)14-10(16)8-2-4-9(5-3-8)17-11(12)13/h2-5,7,11,15H,6H2,1H3,(H,14,16). The lowest BCUT2D eigenvalue weighted by atomic mass is 10.2. The lowest BCUT2D eigenvalue weighted by Gasteiger charge is -2.11. The van der Waals surface area contributed by atoms with Crippen LogP contribution in [0.2, 0.25) is 0 Å². The molecule has 6 heteroatoms. The van der Waals surface area contributed by atoms with Crippen LogP contribution in [0, 0.1) is 0 Å². The van der Waals surface area contributed by atoms with E-state index in [0.717, 1.165) is 0 Å². The highest BCUT2D eigenvalue weighted by Crippen LogP contribution is 2.14. The zero-order chi connectivity index (χ0) is 12.8. The van der Waals surface area contributed by atoms with Crippen molar-refractivity contribution in [2.45, 2.75) is 19.6 Å². The van der Waals surface area contributed by atoms with Crippen molar-refractivity contribution in [3.8, 4) is 5.75 Å². The fourth-order valence-electron chi connectivity index (χ4n) is 1.14. The van der Waals surface area contributed by atoms with Crippen molar-refractivity contribution in [3.63, 3.8) is 0 Å². The molecule has 4 nitrogen and oxygen atoms in total. The van der Waals surface area contributed by atoms with Crippen molar-refractivity contribution in [1.29, 1.82) is 0 Å². The summed E-state index contributed by atoms with van der Waals surface area (Å²) in [6.45, 7) is -1.41. The van der Waals surface area contributed by atoms with Crippen molar-refractivity contribution in [2.75, 3.05) is 6.61 Å². The van der Waals surface area contributed by atoms with Gasteiger partial charge < -0.3 is 15.2 Å². The average Bonchev–Trinajstić information content (AvgIpc) is 2.28. The van der Waals surface area contributed by atoms with Gasteiger partial charge in [0.05, 0.1) is 6.61 Å². The molecule has 0 fully saturated rings. The molecule has 0 aliphatic heterocycles. The van der Waals surface area contributed by atoms with Crippen LogP contribution in [-0.2, 0) is 0 Å². The largest absolute Gasteiger partial charge is 0.435 e. The molecule has 1 amide bonds. The van der Waals surface area contributed by atoms with Gasteiger partial charge in [0.25, 0.3) is 5.91 Å². The predicted octanol–water partition coefficient (Wildman–Crippen LogP) is 1.40. The Morgan fingerprint density at radius 3 is 2.47 bits per heavy atom. The Kier molecular flexibility index (Phi) is 4.84. The van der Waals surface area contributed by atoms with Crippen molar-refractivity contribution >= 4 is 5.91 Å². The maximum absolute atomic E-state index is 11.9. The highest BCUT2D eigenvalue weighted by Gasteiger charge is 2.10. The summed E-state index contributed by atoms with van der Waals surface area (Å²) in [7, 11) is 0. The second kappa shape index (κ2) is 6.15. The summed E-state index contributed by atoms with van der Waals surface area (Å²) in [5.41, 5.74) is 0.312. The lowest BCUT2D eigenvalue weighted by Crippen LogP contribution is -2.34. The molecule has 0 bridgehead atoms. The number of carbonyl (C=O) groups is 1. The number of nitrogens with one attached hydrogen (secondary N) is 1. The SMILES string of the molecule is CC(CO)NC(=O)c1ccc(OC(F)F)cc1. The van der Waals surface area contributed by atoms with Gasteiger partial charge in [-0.2, -0.15) is 8.78 Å². The first-order valence-corrected chi connectivity index (χ1v) is 4.99. The van der Waals surface area contributed by atoms with E-state index in [0.29, 0.717) is 5.56 Å². The van der Waals surface area contributed by atoms with Gasteiger partial charge in [-0.05, 0) is 31.2 Å². The minimum atomic E-state index is -2.89. The normalized spacial score (nSPS) is 12.3. The predicted molar refractivity (Wildman–Crippen MR) is 57.1 cm³/mol. The molecule has 1 rings (SSSR count). The van der Waals surface area contributed by atoms with Gasteiger partial charge in [0.2, 0.25) is 0 Å². The third kappa shape index (κ3) is 4.36. The van der Waals surface area contributed by atoms with Crippen LogP contribution in [0.15, 0.2) is 24.3 Å². The number of aliphatic hydroxyl groups is 1. The van der Waals surface area contributed by atoms with Crippen LogP contribution in [0.1, 0.15) is 17.3 Å². The first-order valence-electron chi connectivity index (χ1n) is 4.99. The van der Waals surface area contributed by atoms with Crippen LogP contribution in [0.25, 0.3) is 0 Å². The van der Waals surface area contributed by atoms with E-state index in [1.807, 2.05) is 0 Å². The van der Waals surface area contributed by atoms with Crippen molar-refractivity contribution in [3.05, 3.63) is 29.8 Å². The van der Waals surface area contributed by atoms with E-state index in [1.165, 1.54) is 24.3 Å². The lowest BCUT2D eigenvalue weighted by molar-refractivity contribution is -0.0498. The molecule has 1 unspecified atom stereocenters. The van der Waals surface area contributed by atoms with E-state index < -0.39 is 6.61 Å². The summed E-state index contributed by atoms with van der Waals surface area (Å²) >= 11 is 0. The van der Waals surface area contributed by atoms with E-state index >= 15 is 0 Å². The van der Waals surface area contributed by atoms with Gasteiger partial charge in [-0.15, -0.1) is 0 Å². The van der Waals surface area contributed by atoms with Crippen LogP contribution in [0.4, 0.5) is 8.78 Å². The summed E-state index contributed by atoms with van der Waals surface area (Å²) in [6, 6.07) is 4.95. The smallest absolute Gasteiger partial charge is 0.387 e. The second-order valence-corrected chi connectivity index (χ2v) is 3.46. The number of rotatable bonds is 5. The molecular weight excluding hydrogens is 232 g/mol. The first kappa shape index (κ1) is 13.4. The third-order valence-corrected chi connectivity index (χ3v) is 1.99. The van der Waals surface area contributed by atoms with Gasteiger partial charge in [-0.25, -0.2) is 0 Å². The Balaban J connectivity index is 2.64. The zero-order valence-electron chi connectivity index (χ0n) is 9.19. The molecule has 1 atom stereocenters. The second-order valence-electron chi connectivity index (χ2n) is 3.46. The number of benzene rings is 1. The molecule has 0 saturated heterocycles. The van der Waals surface area contributed by atoms with Crippen LogP contribution >= 0.6 is 0 Å². The molecule has 0 aliphatic rings. The number of hydrogen-bond acceptors (Lipinski definition) is 3. The number of halogens is 2. The van der Waals surface area contributed by atoms with E-state index in [1.54, 1.807) is 6.92 Å². The molecule has 0 spiro atoms. The van der Waals surface area contributed by atoms with Crippen molar-refractivity contribution in [2.24, 2.45) is 0 Å². The summed E-state index contributed by atoms with van der Waals surface area (Å²) < 4.78 is 27.9. The number of carbonyl (C=O) groups excluding carboxylic acids is 1. The average molecular weight is 245 g/mol. The molecule has 1 aromatic carbocycles. The first-order chi connectivity index (χ1) is 8.02. The van der Waals surface area contributed by atoms with E-state index in [2.05, 4.69) is 10.1 Å². The maximum Gasteiger partial charge on any atom is 0.387 e. The fraction of sp³-hybridized carbons (Fsp3) is 0.364. The van der Waals surface area contributed by atoms with Gasteiger partial charge in [0.15, 0.2) is 0 Å². The Bertz CT molecular complexity index is 367. The summed E-state index contributed by atoms with van der Waals surface area (Å²) in [6.07, 6.45) is 0. The van der Waals surface area contributed by atoms with Crippen molar-refractivity contribution in [1.82, 2.24) is 5.32 Å². The van der Waals surface area contributed by atoms with Gasteiger partial charge in [-0.3, -0.25) is 4.79 Å².